The Balaban J connectivity index is 2.29. The first-order chi connectivity index (χ1) is 8.49. The Bertz CT molecular complexity index is 300. The number of nitrogens with two attached hydrogens (primary N) is 3. The molecule has 2 fully saturated rings. The molecule has 0 bridgehead atoms. The SMILES string of the molecule is CC1(C)OC(CN)C(CN)(N2CCCC2CN)O1. The van der Waals surface area contributed by atoms with Crippen molar-refractivity contribution >= 4 is 0 Å². The van der Waals surface area contributed by atoms with E-state index in [0.29, 0.717) is 25.7 Å². The molecule has 2 aliphatic heterocycles. The molecule has 106 valence electrons. The van der Waals surface area contributed by atoms with E-state index in [-0.39, 0.29) is 6.10 Å². The van der Waals surface area contributed by atoms with Gasteiger partial charge in [-0.25, -0.2) is 0 Å². The molecule has 0 aliphatic carbocycles. The number of hydrogen-bond donors (Lipinski definition) is 3. The Morgan fingerprint density at radius 1 is 1.22 bits per heavy atom. The minimum absolute atomic E-state index is 0.204. The smallest absolute Gasteiger partial charge is 0.166 e. The van der Waals surface area contributed by atoms with Crippen LogP contribution in [0.5, 0.6) is 0 Å². The Morgan fingerprint density at radius 3 is 2.50 bits per heavy atom. The average molecular weight is 258 g/mol. The van der Waals surface area contributed by atoms with Gasteiger partial charge in [-0.1, -0.05) is 0 Å². The summed E-state index contributed by atoms with van der Waals surface area (Å²) in [6, 6.07) is 0.306. The van der Waals surface area contributed by atoms with E-state index in [1.54, 1.807) is 0 Å². The predicted octanol–water partition coefficient (Wildman–Crippen LogP) is -0.825. The average Bonchev–Trinajstić information content (AvgIpc) is 2.90. The van der Waals surface area contributed by atoms with Gasteiger partial charge in [-0.3, -0.25) is 4.90 Å². The van der Waals surface area contributed by atoms with Gasteiger partial charge in [-0.2, -0.15) is 0 Å². The van der Waals surface area contributed by atoms with Gasteiger partial charge < -0.3 is 26.7 Å². The van der Waals surface area contributed by atoms with Crippen molar-refractivity contribution in [2.24, 2.45) is 17.2 Å². The summed E-state index contributed by atoms with van der Waals surface area (Å²) in [6.45, 7) is 6.13. The van der Waals surface area contributed by atoms with Crippen LogP contribution in [0.25, 0.3) is 0 Å². The third kappa shape index (κ3) is 2.17. The Labute approximate surface area is 109 Å². The van der Waals surface area contributed by atoms with Crippen LogP contribution in [0, 0.1) is 0 Å². The zero-order valence-corrected chi connectivity index (χ0v) is 11.4. The van der Waals surface area contributed by atoms with Gasteiger partial charge in [-0.05, 0) is 26.7 Å². The minimum atomic E-state index is -0.648. The fraction of sp³-hybridized carbons (Fsp3) is 1.00. The monoisotopic (exact) mass is 258 g/mol. The van der Waals surface area contributed by atoms with E-state index in [1.165, 1.54) is 0 Å². The number of rotatable bonds is 4. The highest BCUT2D eigenvalue weighted by atomic mass is 16.8. The van der Waals surface area contributed by atoms with E-state index in [4.69, 9.17) is 26.7 Å². The molecule has 3 unspecified atom stereocenters. The Morgan fingerprint density at radius 2 is 1.94 bits per heavy atom. The fourth-order valence-corrected chi connectivity index (χ4v) is 3.30. The van der Waals surface area contributed by atoms with Crippen LogP contribution in [-0.2, 0) is 9.47 Å². The maximum absolute atomic E-state index is 6.15. The molecule has 0 aromatic carbocycles. The number of likely N-dealkylation sites (tertiary alicyclic amines) is 1. The van der Waals surface area contributed by atoms with E-state index in [2.05, 4.69) is 4.90 Å². The number of hydrogen-bond acceptors (Lipinski definition) is 6. The minimum Gasteiger partial charge on any atom is -0.341 e. The molecule has 6 heteroatoms. The zero-order chi connectivity index (χ0) is 13.4. The molecule has 0 spiro atoms. The molecule has 0 aromatic heterocycles. The van der Waals surface area contributed by atoms with E-state index in [1.807, 2.05) is 13.8 Å². The summed E-state index contributed by atoms with van der Waals surface area (Å²) < 4.78 is 12.0. The maximum atomic E-state index is 6.15. The van der Waals surface area contributed by atoms with Gasteiger partial charge in [0, 0.05) is 32.2 Å². The van der Waals surface area contributed by atoms with Crippen molar-refractivity contribution in [1.82, 2.24) is 4.90 Å². The first kappa shape index (κ1) is 14.2. The van der Waals surface area contributed by atoms with E-state index in [0.717, 1.165) is 19.4 Å². The van der Waals surface area contributed by atoms with Crippen molar-refractivity contribution in [1.29, 1.82) is 0 Å². The molecule has 6 N–H and O–H groups in total. The van der Waals surface area contributed by atoms with Gasteiger partial charge in [0.05, 0.1) is 0 Å². The van der Waals surface area contributed by atoms with Crippen LogP contribution in [-0.4, -0.2) is 54.7 Å². The molecule has 2 heterocycles. The molecule has 2 aliphatic rings. The van der Waals surface area contributed by atoms with Crippen molar-refractivity contribution in [3.05, 3.63) is 0 Å². The summed E-state index contributed by atoms with van der Waals surface area (Å²) in [5.41, 5.74) is 17.1. The highest BCUT2D eigenvalue weighted by Crippen LogP contribution is 2.41. The summed E-state index contributed by atoms with van der Waals surface area (Å²) in [5.74, 6) is -0.648. The highest BCUT2D eigenvalue weighted by molar-refractivity contribution is 5.01. The first-order valence-electron chi connectivity index (χ1n) is 6.74. The highest BCUT2D eigenvalue weighted by Gasteiger charge is 2.57. The van der Waals surface area contributed by atoms with Crippen LogP contribution in [0.2, 0.25) is 0 Å². The van der Waals surface area contributed by atoms with Crippen molar-refractivity contribution in [3.8, 4) is 0 Å². The number of ether oxygens (including phenoxy) is 2. The normalized spacial score (nSPS) is 40.5. The third-order valence-corrected chi connectivity index (χ3v) is 3.99. The maximum Gasteiger partial charge on any atom is 0.166 e. The molecule has 0 saturated carbocycles. The van der Waals surface area contributed by atoms with Crippen molar-refractivity contribution in [2.45, 2.75) is 50.3 Å². The summed E-state index contributed by atoms with van der Waals surface area (Å²) >= 11 is 0. The second-order valence-corrected chi connectivity index (χ2v) is 5.62. The standard InChI is InChI=1S/C12H26N4O2/c1-11(2)17-10(7-14)12(8-15,18-11)16-5-3-4-9(16)6-13/h9-10H,3-8,13-15H2,1-2H3. The third-order valence-electron chi connectivity index (χ3n) is 3.99. The van der Waals surface area contributed by atoms with Crippen molar-refractivity contribution < 1.29 is 9.47 Å². The lowest BCUT2D eigenvalue weighted by Crippen LogP contribution is -2.64. The lowest BCUT2D eigenvalue weighted by molar-refractivity contribution is -0.200. The Hall–Kier alpha value is -0.240. The van der Waals surface area contributed by atoms with Gasteiger partial charge in [-0.15, -0.1) is 0 Å². The molecule has 6 nitrogen and oxygen atoms in total. The van der Waals surface area contributed by atoms with Crippen LogP contribution in [0.3, 0.4) is 0 Å². The molecule has 3 atom stereocenters. The van der Waals surface area contributed by atoms with Gasteiger partial charge >= 0.3 is 0 Å². The molecule has 2 saturated heterocycles. The van der Waals surface area contributed by atoms with Crippen LogP contribution < -0.4 is 17.2 Å². The van der Waals surface area contributed by atoms with E-state index < -0.39 is 11.5 Å². The molecule has 2 rings (SSSR count). The van der Waals surface area contributed by atoms with E-state index in [9.17, 15) is 0 Å². The summed E-state index contributed by atoms with van der Waals surface area (Å²) in [6.07, 6.45) is 1.99. The predicted molar refractivity (Wildman–Crippen MR) is 69.7 cm³/mol. The van der Waals surface area contributed by atoms with Gasteiger partial charge in [0.25, 0.3) is 0 Å². The fourth-order valence-electron chi connectivity index (χ4n) is 3.30. The van der Waals surface area contributed by atoms with Crippen LogP contribution in [0.4, 0.5) is 0 Å². The lowest BCUT2D eigenvalue weighted by Gasteiger charge is -2.43. The van der Waals surface area contributed by atoms with Crippen LogP contribution in [0.1, 0.15) is 26.7 Å². The van der Waals surface area contributed by atoms with Gasteiger partial charge in [0.1, 0.15) is 6.10 Å². The van der Waals surface area contributed by atoms with Crippen LogP contribution in [0.15, 0.2) is 0 Å². The summed E-state index contributed by atoms with van der Waals surface area (Å²) in [7, 11) is 0. The second-order valence-electron chi connectivity index (χ2n) is 5.62. The topological polar surface area (TPSA) is 99.8 Å². The van der Waals surface area contributed by atoms with E-state index >= 15 is 0 Å². The van der Waals surface area contributed by atoms with Gasteiger partial charge in [0.15, 0.2) is 11.5 Å². The quantitative estimate of drug-likeness (QED) is 0.609. The molecule has 0 amide bonds. The van der Waals surface area contributed by atoms with Crippen LogP contribution >= 0.6 is 0 Å². The van der Waals surface area contributed by atoms with Crippen molar-refractivity contribution in [3.63, 3.8) is 0 Å². The Kier molecular flexibility index (Phi) is 3.96. The first-order valence-corrected chi connectivity index (χ1v) is 6.74. The molecule has 0 radical (unpaired) electrons. The van der Waals surface area contributed by atoms with Crippen molar-refractivity contribution in [2.75, 3.05) is 26.2 Å². The second kappa shape index (κ2) is 5.03. The summed E-state index contributed by atoms with van der Waals surface area (Å²) in [4.78, 5) is 2.26. The summed E-state index contributed by atoms with van der Waals surface area (Å²) in [5, 5.41) is 0. The number of nitrogens with zero attached hydrogens (tertiary/aromatic N) is 1. The largest absolute Gasteiger partial charge is 0.341 e. The van der Waals surface area contributed by atoms with Gasteiger partial charge in [0.2, 0.25) is 0 Å². The molecular formula is C12H26N4O2. The molecule has 0 aromatic rings. The lowest BCUT2D eigenvalue weighted by atomic mass is 10.0. The zero-order valence-electron chi connectivity index (χ0n) is 11.4. The molecule has 18 heavy (non-hydrogen) atoms. The molecular weight excluding hydrogens is 232 g/mol.